The molecule has 0 spiro atoms. The molecule has 3 unspecified atom stereocenters. The lowest BCUT2D eigenvalue weighted by atomic mass is 9.77. The van der Waals surface area contributed by atoms with Crippen LogP contribution < -0.4 is 0 Å². The fourth-order valence-corrected chi connectivity index (χ4v) is 4.83. The monoisotopic (exact) mass is 428 g/mol. The molecule has 6 nitrogen and oxygen atoms in total. The molecular weight excluding hydrogens is 396 g/mol. The van der Waals surface area contributed by atoms with Crippen LogP contribution in [0.25, 0.3) is 0 Å². The maximum absolute atomic E-state index is 13.1. The van der Waals surface area contributed by atoms with Crippen LogP contribution in [-0.4, -0.2) is 35.7 Å². The summed E-state index contributed by atoms with van der Waals surface area (Å²) in [6.45, 7) is 12.5. The van der Waals surface area contributed by atoms with E-state index in [2.05, 4.69) is 6.08 Å². The van der Waals surface area contributed by atoms with E-state index in [-0.39, 0.29) is 5.92 Å². The Balaban J connectivity index is 2.08. The van der Waals surface area contributed by atoms with Gasteiger partial charge >= 0.3 is 17.9 Å². The molecule has 0 radical (unpaired) electrons. The Labute approximate surface area is 184 Å². The molecule has 6 heteroatoms. The number of hydrogen-bond donors (Lipinski definition) is 0. The molecule has 1 fully saturated rings. The quantitative estimate of drug-likeness (QED) is 0.286. The summed E-state index contributed by atoms with van der Waals surface area (Å²) in [5.41, 5.74) is 2.76. The fraction of sp³-hybridized carbons (Fsp3) is 0.560. The Hall–Kier alpha value is -2.63. The molecule has 3 rings (SSSR count). The van der Waals surface area contributed by atoms with Gasteiger partial charge in [0.2, 0.25) is 5.60 Å². The van der Waals surface area contributed by atoms with Crippen molar-refractivity contribution in [1.82, 2.24) is 0 Å². The van der Waals surface area contributed by atoms with Gasteiger partial charge in [-0.05, 0) is 54.9 Å². The maximum atomic E-state index is 13.1. The SMILES string of the molecule is C/C=C(/C)C(=O)O[C@H]1CC(C)=C2CC=C(C)C2C2OC(=O)[C@@](C)(OC(=O)/C(C)=C\C)C21. The Kier molecular flexibility index (Phi) is 6.30. The van der Waals surface area contributed by atoms with Crippen molar-refractivity contribution in [3.05, 3.63) is 46.1 Å². The van der Waals surface area contributed by atoms with Gasteiger partial charge in [-0.15, -0.1) is 0 Å². The largest absolute Gasteiger partial charge is 0.458 e. The molecule has 0 aromatic rings. The first kappa shape index (κ1) is 23.0. The minimum absolute atomic E-state index is 0.0937. The van der Waals surface area contributed by atoms with E-state index in [1.54, 1.807) is 46.8 Å². The number of carbonyl (C=O) groups is 3. The van der Waals surface area contributed by atoms with E-state index in [1.165, 1.54) is 5.57 Å². The molecule has 1 saturated heterocycles. The second kappa shape index (κ2) is 8.48. The molecule has 1 heterocycles. The molecule has 31 heavy (non-hydrogen) atoms. The van der Waals surface area contributed by atoms with E-state index in [1.807, 2.05) is 13.8 Å². The van der Waals surface area contributed by atoms with Gasteiger partial charge < -0.3 is 14.2 Å². The van der Waals surface area contributed by atoms with Gasteiger partial charge in [0.25, 0.3) is 0 Å². The number of ether oxygens (including phenoxy) is 3. The second-order valence-corrected chi connectivity index (χ2v) is 8.92. The van der Waals surface area contributed by atoms with Crippen LogP contribution in [0.5, 0.6) is 0 Å². The van der Waals surface area contributed by atoms with E-state index >= 15 is 0 Å². The van der Waals surface area contributed by atoms with Gasteiger partial charge in [0, 0.05) is 23.5 Å². The van der Waals surface area contributed by atoms with E-state index in [0.29, 0.717) is 17.6 Å². The molecule has 0 N–H and O–H groups in total. The highest BCUT2D eigenvalue weighted by molar-refractivity contribution is 5.92. The molecule has 1 aliphatic heterocycles. The molecule has 3 aliphatic rings. The zero-order chi connectivity index (χ0) is 23.1. The molecular formula is C25H32O6. The second-order valence-electron chi connectivity index (χ2n) is 8.92. The minimum atomic E-state index is -1.56. The van der Waals surface area contributed by atoms with Crippen molar-refractivity contribution < 1.29 is 28.6 Å². The maximum Gasteiger partial charge on any atom is 0.351 e. The first-order valence-corrected chi connectivity index (χ1v) is 10.8. The lowest BCUT2D eigenvalue weighted by Crippen LogP contribution is -2.50. The lowest BCUT2D eigenvalue weighted by Gasteiger charge is -2.35. The van der Waals surface area contributed by atoms with Crippen LogP contribution in [0.4, 0.5) is 0 Å². The molecule has 2 aliphatic carbocycles. The van der Waals surface area contributed by atoms with Crippen LogP contribution in [0.2, 0.25) is 0 Å². The van der Waals surface area contributed by atoms with Crippen molar-refractivity contribution in [2.45, 2.75) is 79.1 Å². The number of fused-ring (bicyclic) bond motifs is 3. The molecule has 0 aromatic carbocycles. The van der Waals surface area contributed by atoms with Crippen molar-refractivity contribution in [2.24, 2.45) is 11.8 Å². The Bertz CT molecular complexity index is 934. The summed E-state index contributed by atoms with van der Waals surface area (Å²) in [7, 11) is 0. The number of esters is 3. The van der Waals surface area contributed by atoms with Crippen LogP contribution in [0, 0.1) is 11.8 Å². The van der Waals surface area contributed by atoms with Crippen molar-refractivity contribution in [3.63, 3.8) is 0 Å². The van der Waals surface area contributed by atoms with Gasteiger partial charge in [-0.25, -0.2) is 14.4 Å². The first-order valence-electron chi connectivity index (χ1n) is 10.8. The van der Waals surface area contributed by atoms with E-state index in [4.69, 9.17) is 14.2 Å². The normalized spacial score (nSPS) is 33.3. The highest BCUT2D eigenvalue weighted by atomic mass is 16.6. The number of allylic oxidation sites excluding steroid dienone is 3. The summed E-state index contributed by atoms with van der Waals surface area (Å²) < 4.78 is 17.6. The van der Waals surface area contributed by atoms with E-state index < -0.39 is 41.6 Å². The van der Waals surface area contributed by atoms with Crippen molar-refractivity contribution in [1.29, 1.82) is 0 Å². The molecule has 0 amide bonds. The van der Waals surface area contributed by atoms with Crippen molar-refractivity contribution >= 4 is 17.9 Å². The summed E-state index contributed by atoms with van der Waals surface area (Å²) in [4.78, 5) is 38.4. The molecule has 0 aromatic heterocycles. The van der Waals surface area contributed by atoms with Gasteiger partial charge in [0.1, 0.15) is 12.2 Å². The molecule has 5 atom stereocenters. The van der Waals surface area contributed by atoms with Crippen LogP contribution in [0.15, 0.2) is 46.1 Å². The van der Waals surface area contributed by atoms with E-state index in [9.17, 15) is 14.4 Å². The smallest absolute Gasteiger partial charge is 0.351 e. The van der Waals surface area contributed by atoms with Crippen molar-refractivity contribution in [3.8, 4) is 0 Å². The van der Waals surface area contributed by atoms with Crippen LogP contribution >= 0.6 is 0 Å². The molecule has 168 valence electrons. The predicted octanol–water partition coefficient (Wildman–Crippen LogP) is 4.36. The molecule has 0 saturated carbocycles. The summed E-state index contributed by atoms with van der Waals surface area (Å²) >= 11 is 0. The van der Waals surface area contributed by atoms with Gasteiger partial charge in [-0.3, -0.25) is 0 Å². The van der Waals surface area contributed by atoms with Gasteiger partial charge in [0.15, 0.2) is 0 Å². The lowest BCUT2D eigenvalue weighted by molar-refractivity contribution is -0.175. The zero-order valence-electron chi connectivity index (χ0n) is 19.4. The standard InChI is InChI=1S/C25H32O6/c1-8-13(3)22(26)29-18-12-16(6)17-11-10-15(5)19(17)21-20(18)25(7,24(28)30-21)31-23(27)14(4)9-2/h8-10,18-21H,11-12H2,1-7H3/b13-8-,14-9-/t18-,19?,20?,21?,25-/m0/s1. The van der Waals surface area contributed by atoms with Gasteiger partial charge in [-0.2, -0.15) is 0 Å². The number of hydrogen-bond acceptors (Lipinski definition) is 6. The predicted molar refractivity (Wildman–Crippen MR) is 116 cm³/mol. The van der Waals surface area contributed by atoms with E-state index in [0.717, 1.165) is 17.6 Å². The third-order valence-corrected chi connectivity index (χ3v) is 7.01. The summed E-state index contributed by atoms with van der Waals surface area (Å²) in [5, 5.41) is 0. The minimum Gasteiger partial charge on any atom is -0.458 e. The molecule has 0 bridgehead atoms. The third kappa shape index (κ3) is 3.88. The zero-order valence-corrected chi connectivity index (χ0v) is 19.4. The highest BCUT2D eigenvalue weighted by Crippen LogP contribution is 2.52. The summed E-state index contributed by atoms with van der Waals surface area (Å²) in [6, 6.07) is 0. The van der Waals surface area contributed by atoms with Crippen molar-refractivity contribution in [2.75, 3.05) is 0 Å². The fourth-order valence-electron chi connectivity index (χ4n) is 4.83. The Morgan fingerprint density at radius 1 is 1.13 bits per heavy atom. The van der Waals surface area contributed by atoms with Gasteiger partial charge in [0.05, 0.1) is 5.92 Å². The van der Waals surface area contributed by atoms with Crippen LogP contribution in [0.3, 0.4) is 0 Å². The van der Waals surface area contributed by atoms with Crippen LogP contribution in [-0.2, 0) is 28.6 Å². The van der Waals surface area contributed by atoms with Crippen LogP contribution in [0.1, 0.15) is 61.3 Å². The first-order chi connectivity index (χ1) is 14.5. The average Bonchev–Trinajstić information content (AvgIpc) is 3.19. The number of rotatable bonds is 4. The summed E-state index contributed by atoms with van der Waals surface area (Å²) in [5.74, 6) is -2.33. The van der Waals surface area contributed by atoms with Gasteiger partial charge in [-0.1, -0.05) is 34.9 Å². The summed E-state index contributed by atoms with van der Waals surface area (Å²) in [6.07, 6.45) is 5.50. The highest BCUT2D eigenvalue weighted by Gasteiger charge is 2.64. The third-order valence-electron chi connectivity index (χ3n) is 7.01. The topological polar surface area (TPSA) is 78.9 Å². The number of carbonyl (C=O) groups excluding carboxylic acids is 3. The average molecular weight is 429 g/mol. The Morgan fingerprint density at radius 2 is 1.74 bits per heavy atom. The Morgan fingerprint density at radius 3 is 2.35 bits per heavy atom.